The fraction of sp³-hybridized carbons (Fsp3) is 0.588. The van der Waals surface area contributed by atoms with E-state index in [0.29, 0.717) is 18.2 Å². The van der Waals surface area contributed by atoms with Gasteiger partial charge in [0.1, 0.15) is 18.5 Å². The van der Waals surface area contributed by atoms with Gasteiger partial charge < -0.3 is 9.47 Å². The molecule has 1 fully saturated rings. The molecule has 0 aliphatic carbocycles. The molecule has 0 bridgehead atoms. The summed E-state index contributed by atoms with van der Waals surface area (Å²) in [4.78, 5) is 14.0. The monoisotopic (exact) mass is 289 g/mol. The standard InChI is InChI=1S/C17H23NO3/c1-3-18-9-5-4-6-16(18)12(2)21-14-7-8-15-13(10-14)11-20-17(15)19/h7-8,10,12,16H,3-6,9,11H2,1-2H3. The second kappa shape index (κ2) is 6.06. The van der Waals surface area contributed by atoms with Crippen LogP contribution in [-0.4, -0.2) is 36.1 Å². The zero-order valence-electron chi connectivity index (χ0n) is 12.8. The van der Waals surface area contributed by atoms with Gasteiger partial charge in [0.2, 0.25) is 0 Å². The van der Waals surface area contributed by atoms with Crippen LogP contribution < -0.4 is 4.74 Å². The minimum atomic E-state index is -0.228. The van der Waals surface area contributed by atoms with Crippen molar-refractivity contribution in [1.82, 2.24) is 4.90 Å². The second-order valence-electron chi connectivity index (χ2n) is 5.91. The third kappa shape index (κ3) is 2.91. The molecule has 0 aromatic heterocycles. The predicted octanol–water partition coefficient (Wildman–Crippen LogP) is 3.00. The van der Waals surface area contributed by atoms with Gasteiger partial charge in [-0.05, 0) is 51.1 Å². The molecule has 0 N–H and O–H groups in total. The van der Waals surface area contributed by atoms with Crippen molar-refractivity contribution >= 4 is 5.97 Å². The largest absolute Gasteiger partial charge is 0.489 e. The van der Waals surface area contributed by atoms with Crippen LogP contribution in [0.1, 0.15) is 49.0 Å². The molecule has 4 nitrogen and oxygen atoms in total. The smallest absolute Gasteiger partial charge is 0.338 e. The number of rotatable bonds is 4. The van der Waals surface area contributed by atoms with Gasteiger partial charge in [0.15, 0.2) is 0 Å². The summed E-state index contributed by atoms with van der Waals surface area (Å²) < 4.78 is 11.2. The topological polar surface area (TPSA) is 38.8 Å². The van der Waals surface area contributed by atoms with Gasteiger partial charge in [-0.3, -0.25) is 4.90 Å². The molecule has 0 spiro atoms. The van der Waals surface area contributed by atoms with Crippen LogP contribution in [0.4, 0.5) is 0 Å². The third-order valence-corrected chi connectivity index (χ3v) is 4.59. The highest BCUT2D eigenvalue weighted by atomic mass is 16.5. The van der Waals surface area contributed by atoms with E-state index in [2.05, 4.69) is 18.7 Å². The summed E-state index contributed by atoms with van der Waals surface area (Å²) in [7, 11) is 0. The lowest BCUT2D eigenvalue weighted by atomic mass is 9.98. The van der Waals surface area contributed by atoms with E-state index in [9.17, 15) is 4.79 Å². The summed E-state index contributed by atoms with van der Waals surface area (Å²) in [6.07, 6.45) is 3.92. The number of nitrogens with zero attached hydrogens (tertiary/aromatic N) is 1. The third-order valence-electron chi connectivity index (χ3n) is 4.59. The molecule has 1 saturated heterocycles. The Kier molecular flexibility index (Phi) is 4.15. The van der Waals surface area contributed by atoms with Gasteiger partial charge in [-0.2, -0.15) is 0 Å². The van der Waals surface area contributed by atoms with Gasteiger partial charge >= 0.3 is 5.97 Å². The van der Waals surface area contributed by atoms with Crippen LogP contribution in [0, 0.1) is 0 Å². The molecule has 2 aliphatic rings. The Morgan fingerprint density at radius 1 is 1.43 bits per heavy atom. The van der Waals surface area contributed by atoms with E-state index in [1.807, 2.05) is 18.2 Å². The summed E-state index contributed by atoms with van der Waals surface area (Å²) in [6, 6.07) is 6.11. The molecule has 3 rings (SSSR count). The highest BCUT2D eigenvalue weighted by Gasteiger charge is 2.28. The summed E-state index contributed by atoms with van der Waals surface area (Å²) in [6.45, 7) is 6.97. The molecule has 114 valence electrons. The first-order valence-electron chi connectivity index (χ1n) is 7.90. The Morgan fingerprint density at radius 3 is 3.10 bits per heavy atom. The molecule has 1 aromatic carbocycles. The van der Waals surface area contributed by atoms with Crippen molar-refractivity contribution in [3.8, 4) is 5.75 Å². The number of hydrogen-bond acceptors (Lipinski definition) is 4. The number of piperidine rings is 1. The average Bonchev–Trinajstić information content (AvgIpc) is 2.88. The van der Waals surface area contributed by atoms with E-state index >= 15 is 0 Å². The fourth-order valence-electron chi connectivity index (χ4n) is 3.42. The lowest BCUT2D eigenvalue weighted by molar-refractivity contribution is 0.0529. The van der Waals surface area contributed by atoms with Gasteiger partial charge in [0.25, 0.3) is 0 Å². The predicted molar refractivity (Wildman–Crippen MR) is 80.5 cm³/mol. The van der Waals surface area contributed by atoms with Gasteiger partial charge in [0.05, 0.1) is 5.56 Å². The van der Waals surface area contributed by atoms with E-state index in [0.717, 1.165) is 17.9 Å². The number of benzene rings is 1. The number of cyclic esters (lactones) is 1. The van der Waals surface area contributed by atoms with Crippen LogP contribution in [-0.2, 0) is 11.3 Å². The van der Waals surface area contributed by atoms with Crippen LogP contribution in [0.15, 0.2) is 18.2 Å². The van der Waals surface area contributed by atoms with E-state index < -0.39 is 0 Å². The summed E-state index contributed by atoms with van der Waals surface area (Å²) in [5, 5.41) is 0. The first-order valence-corrected chi connectivity index (χ1v) is 7.90. The SMILES string of the molecule is CCN1CCCCC1C(C)Oc1ccc2c(c1)COC2=O. The quantitative estimate of drug-likeness (QED) is 0.799. The lowest BCUT2D eigenvalue weighted by Crippen LogP contribution is -2.47. The van der Waals surface area contributed by atoms with Gasteiger partial charge in [-0.25, -0.2) is 4.79 Å². The molecule has 2 atom stereocenters. The number of ether oxygens (including phenoxy) is 2. The van der Waals surface area contributed by atoms with E-state index in [1.54, 1.807) is 0 Å². The number of likely N-dealkylation sites (tertiary alicyclic amines) is 1. The normalized spacial score (nSPS) is 23.5. The number of carbonyl (C=O) groups excluding carboxylic acids is 1. The summed E-state index contributed by atoms with van der Waals surface area (Å²) >= 11 is 0. The van der Waals surface area contributed by atoms with Crippen molar-refractivity contribution in [3.05, 3.63) is 29.3 Å². The molecule has 0 radical (unpaired) electrons. The molecule has 0 saturated carbocycles. The van der Waals surface area contributed by atoms with Gasteiger partial charge in [-0.15, -0.1) is 0 Å². The molecule has 21 heavy (non-hydrogen) atoms. The first kappa shape index (κ1) is 14.4. The zero-order valence-corrected chi connectivity index (χ0v) is 12.8. The number of carbonyl (C=O) groups is 1. The highest BCUT2D eigenvalue weighted by molar-refractivity contribution is 5.93. The van der Waals surface area contributed by atoms with Gasteiger partial charge in [-0.1, -0.05) is 13.3 Å². The van der Waals surface area contributed by atoms with Crippen LogP contribution >= 0.6 is 0 Å². The Morgan fingerprint density at radius 2 is 2.29 bits per heavy atom. The minimum Gasteiger partial charge on any atom is -0.489 e. The van der Waals surface area contributed by atoms with Crippen molar-refractivity contribution < 1.29 is 14.3 Å². The van der Waals surface area contributed by atoms with Crippen molar-refractivity contribution in [2.75, 3.05) is 13.1 Å². The average molecular weight is 289 g/mol. The Hall–Kier alpha value is -1.55. The minimum absolute atomic E-state index is 0.154. The number of fused-ring (bicyclic) bond motifs is 1. The number of esters is 1. The number of hydrogen-bond donors (Lipinski definition) is 0. The zero-order chi connectivity index (χ0) is 14.8. The maximum absolute atomic E-state index is 11.5. The van der Waals surface area contributed by atoms with E-state index in [4.69, 9.17) is 9.47 Å². The highest BCUT2D eigenvalue weighted by Crippen LogP contribution is 2.27. The van der Waals surface area contributed by atoms with Crippen molar-refractivity contribution in [2.24, 2.45) is 0 Å². The molecule has 4 heteroatoms. The summed E-state index contributed by atoms with van der Waals surface area (Å²) in [5.41, 5.74) is 1.60. The van der Waals surface area contributed by atoms with E-state index in [1.165, 1.54) is 25.8 Å². The maximum atomic E-state index is 11.5. The second-order valence-corrected chi connectivity index (χ2v) is 5.91. The van der Waals surface area contributed by atoms with Crippen molar-refractivity contribution in [3.63, 3.8) is 0 Å². The van der Waals surface area contributed by atoms with Crippen molar-refractivity contribution in [2.45, 2.75) is 51.9 Å². The molecule has 2 unspecified atom stereocenters. The van der Waals surface area contributed by atoms with Crippen molar-refractivity contribution in [1.29, 1.82) is 0 Å². The first-order chi connectivity index (χ1) is 10.2. The molecular formula is C17H23NO3. The Balaban J connectivity index is 1.69. The molecule has 2 aliphatic heterocycles. The van der Waals surface area contributed by atoms with E-state index in [-0.39, 0.29) is 12.1 Å². The van der Waals surface area contributed by atoms with Crippen LogP contribution in [0.2, 0.25) is 0 Å². The molecular weight excluding hydrogens is 266 g/mol. The van der Waals surface area contributed by atoms with Gasteiger partial charge in [0, 0.05) is 11.6 Å². The number of likely N-dealkylation sites (N-methyl/N-ethyl adjacent to an activating group) is 1. The van der Waals surface area contributed by atoms with Crippen LogP contribution in [0.5, 0.6) is 5.75 Å². The molecule has 0 amide bonds. The Labute approximate surface area is 126 Å². The summed E-state index contributed by atoms with van der Waals surface area (Å²) in [5.74, 6) is 0.607. The molecule has 2 heterocycles. The fourth-order valence-corrected chi connectivity index (χ4v) is 3.42. The molecule has 1 aromatic rings. The Bertz CT molecular complexity index is 529. The van der Waals surface area contributed by atoms with Crippen LogP contribution in [0.25, 0.3) is 0 Å². The maximum Gasteiger partial charge on any atom is 0.338 e. The lowest BCUT2D eigenvalue weighted by Gasteiger charge is -2.38. The van der Waals surface area contributed by atoms with Crippen LogP contribution in [0.3, 0.4) is 0 Å².